The highest BCUT2D eigenvalue weighted by atomic mass is 127. The molecule has 0 heterocycles. The lowest BCUT2D eigenvalue weighted by Gasteiger charge is -2.09. The molecule has 0 fully saturated rings. The summed E-state index contributed by atoms with van der Waals surface area (Å²) in [5.74, 6) is -0.0533. The molecule has 1 N–H and O–H groups in total. The second-order valence-corrected chi connectivity index (χ2v) is 4.14. The van der Waals surface area contributed by atoms with Crippen LogP contribution in [-0.4, -0.2) is 11.9 Å². The maximum Gasteiger partial charge on any atom is 0.252 e. The van der Waals surface area contributed by atoms with Gasteiger partial charge < -0.3 is 5.32 Å². The predicted octanol–water partition coefficient (Wildman–Crippen LogP) is 2.60. The van der Waals surface area contributed by atoms with Crippen molar-refractivity contribution in [2.24, 2.45) is 0 Å². The van der Waals surface area contributed by atoms with Crippen LogP contribution in [0.4, 0.5) is 0 Å². The Morgan fingerprint density at radius 1 is 1.57 bits per heavy atom. The van der Waals surface area contributed by atoms with Crippen molar-refractivity contribution in [3.8, 4) is 0 Å². The molecule has 1 amide bonds. The Labute approximate surface area is 97.5 Å². The minimum Gasteiger partial charge on any atom is -0.346 e. The van der Waals surface area contributed by atoms with Crippen LogP contribution in [0.5, 0.6) is 0 Å². The maximum atomic E-state index is 11.7. The number of amides is 1. The van der Waals surface area contributed by atoms with Crippen LogP contribution in [0.3, 0.4) is 0 Å². The zero-order valence-electron chi connectivity index (χ0n) is 7.96. The maximum absolute atomic E-state index is 11.7. The van der Waals surface area contributed by atoms with E-state index in [1.165, 1.54) is 0 Å². The lowest BCUT2D eigenvalue weighted by atomic mass is 10.2. The topological polar surface area (TPSA) is 29.1 Å². The zero-order valence-corrected chi connectivity index (χ0v) is 10.1. The highest BCUT2D eigenvalue weighted by Crippen LogP contribution is 2.11. The molecule has 74 valence electrons. The van der Waals surface area contributed by atoms with Crippen LogP contribution in [0.25, 0.3) is 0 Å². The molecule has 2 nitrogen and oxygen atoms in total. The van der Waals surface area contributed by atoms with E-state index in [-0.39, 0.29) is 11.9 Å². The van der Waals surface area contributed by atoms with Gasteiger partial charge in [-0.1, -0.05) is 18.2 Å². The van der Waals surface area contributed by atoms with Crippen molar-refractivity contribution in [3.05, 3.63) is 46.1 Å². The number of halogens is 1. The van der Waals surface area contributed by atoms with Crippen molar-refractivity contribution in [2.45, 2.75) is 13.0 Å². The number of hydrogen-bond donors (Lipinski definition) is 1. The molecule has 1 aromatic carbocycles. The molecule has 0 aliphatic carbocycles. The van der Waals surface area contributed by atoms with Crippen molar-refractivity contribution >= 4 is 28.5 Å². The molecule has 0 aromatic heterocycles. The molecule has 0 bridgehead atoms. The van der Waals surface area contributed by atoms with Gasteiger partial charge in [0.15, 0.2) is 0 Å². The normalized spacial score (nSPS) is 11.9. The fourth-order valence-electron chi connectivity index (χ4n) is 0.989. The molecular formula is C11H12INO. The Balaban J connectivity index is 2.80. The van der Waals surface area contributed by atoms with Gasteiger partial charge in [-0.25, -0.2) is 0 Å². The van der Waals surface area contributed by atoms with Crippen molar-refractivity contribution < 1.29 is 4.79 Å². The van der Waals surface area contributed by atoms with Gasteiger partial charge in [0.05, 0.1) is 5.56 Å². The summed E-state index contributed by atoms with van der Waals surface area (Å²) < 4.78 is 0.957. The molecule has 14 heavy (non-hydrogen) atoms. The second kappa shape index (κ2) is 5.14. The minimum absolute atomic E-state index is 0.00138. The lowest BCUT2D eigenvalue weighted by molar-refractivity contribution is 0.0946. The number of carbonyl (C=O) groups is 1. The number of rotatable bonds is 3. The molecule has 0 aliphatic rings. The third-order valence-corrected chi connectivity index (χ3v) is 2.77. The summed E-state index contributed by atoms with van der Waals surface area (Å²) >= 11 is 2.15. The van der Waals surface area contributed by atoms with Gasteiger partial charge >= 0.3 is 0 Å². The van der Waals surface area contributed by atoms with E-state index in [4.69, 9.17) is 0 Å². The van der Waals surface area contributed by atoms with Gasteiger partial charge in [-0.05, 0) is 41.6 Å². The van der Waals surface area contributed by atoms with E-state index in [2.05, 4.69) is 34.5 Å². The van der Waals surface area contributed by atoms with Crippen LogP contribution >= 0.6 is 22.6 Å². The molecule has 0 saturated heterocycles. The van der Waals surface area contributed by atoms with Crippen molar-refractivity contribution in [1.29, 1.82) is 0 Å². The van der Waals surface area contributed by atoms with Crippen LogP contribution in [0.1, 0.15) is 17.3 Å². The first kappa shape index (κ1) is 11.2. The zero-order chi connectivity index (χ0) is 10.6. The van der Waals surface area contributed by atoms with E-state index < -0.39 is 0 Å². The first-order valence-corrected chi connectivity index (χ1v) is 5.41. The summed E-state index contributed by atoms with van der Waals surface area (Å²) in [5, 5.41) is 2.82. The van der Waals surface area contributed by atoms with Crippen LogP contribution in [0.15, 0.2) is 36.9 Å². The Morgan fingerprint density at radius 2 is 2.21 bits per heavy atom. The molecule has 1 atom stereocenters. The monoisotopic (exact) mass is 301 g/mol. The predicted molar refractivity (Wildman–Crippen MR) is 66.3 cm³/mol. The number of carbonyl (C=O) groups excluding carboxylic acids is 1. The van der Waals surface area contributed by atoms with Gasteiger partial charge in [-0.15, -0.1) is 6.58 Å². The Kier molecular flexibility index (Phi) is 4.13. The molecule has 0 spiro atoms. The smallest absolute Gasteiger partial charge is 0.252 e. The quantitative estimate of drug-likeness (QED) is 0.675. The lowest BCUT2D eigenvalue weighted by Crippen LogP contribution is -2.31. The summed E-state index contributed by atoms with van der Waals surface area (Å²) in [7, 11) is 0. The van der Waals surface area contributed by atoms with Crippen LogP contribution in [0.2, 0.25) is 0 Å². The molecule has 1 rings (SSSR count). The molecular weight excluding hydrogens is 289 g/mol. The van der Waals surface area contributed by atoms with Crippen molar-refractivity contribution in [1.82, 2.24) is 5.32 Å². The second-order valence-electron chi connectivity index (χ2n) is 2.98. The van der Waals surface area contributed by atoms with Crippen LogP contribution in [-0.2, 0) is 0 Å². The molecule has 0 saturated carbocycles. The van der Waals surface area contributed by atoms with E-state index in [0.717, 1.165) is 3.57 Å². The van der Waals surface area contributed by atoms with E-state index in [1.807, 2.05) is 31.2 Å². The van der Waals surface area contributed by atoms with Gasteiger partial charge in [-0.2, -0.15) is 0 Å². The standard InChI is InChI=1S/C11H12INO/c1-3-8(2)13-11(14)9-6-4-5-7-10(9)12/h3-8H,1H2,2H3,(H,13,14). The third-order valence-electron chi connectivity index (χ3n) is 1.83. The van der Waals surface area contributed by atoms with Crippen LogP contribution in [0, 0.1) is 3.57 Å². The van der Waals surface area contributed by atoms with Crippen molar-refractivity contribution in [2.75, 3.05) is 0 Å². The SMILES string of the molecule is C=CC(C)NC(=O)c1ccccc1I. The molecule has 0 aliphatic heterocycles. The number of hydrogen-bond acceptors (Lipinski definition) is 1. The molecule has 1 aromatic rings. The van der Waals surface area contributed by atoms with Crippen molar-refractivity contribution in [3.63, 3.8) is 0 Å². The summed E-state index contributed by atoms with van der Waals surface area (Å²) in [6.45, 7) is 5.50. The minimum atomic E-state index is -0.0533. The third kappa shape index (κ3) is 2.83. The molecule has 1 unspecified atom stereocenters. The summed E-state index contributed by atoms with van der Waals surface area (Å²) in [5.41, 5.74) is 0.710. The number of benzene rings is 1. The Hall–Kier alpha value is -0.840. The highest BCUT2D eigenvalue weighted by Gasteiger charge is 2.09. The van der Waals surface area contributed by atoms with Crippen LogP contribution < -0.4 is 5.32 Å². The average Bonchev–Trinajstić information content (AvgIpc) is 2.18. The summed E-state index contributed by atoms with van der Waals surface area (Å²) in [6, 6.07) is 7.49. The number of nitrogens with one attached hydrogen (secondary N) is 1. The van der Waals surface area contributed by atoms with E-state index in [9.17, 15) is 4.79 Å². The Morgan fingerprint density at radius 3 is 2.79 bits per heavy atom. The Bertz CT molecular complexity index is 349. The summed E-state index contributed by atoms with van der Waals surface area (Å²) in [4.78, 5) is 11.7. The first-order valence-electron chi connectivity index (χ1n) is 4.33. The van der Waals surface area contributed by atoms with Gasteiger partial charge in [0.25, 0.3) is 5.91 Å². The fourth-order valence-corrected chi connectivity index (χ4v) is 1.62. The average molecular weight is 301 g/mol. The van der Waals surface area contributed by atoms with E-state index in [1.54, 1.807) is 6.08 Å². The van der Waals surface area contributed by atoms with E-state index >= 15 is 0 Å². The van der Waals surface area contributed by atoms with E-state index in [0.29, 0.717) is 5.56 Å². The van der Waals surface area contributed by atoms with Gasteiger partial charge in [0.1, 0.15) is 0 Å². The largest absolute Gasteiger partial charge is 0.346 e. The highest BCUT2D eigenvalue weighted by molar-refractivity contribution is 14.1. The molecule has 3 heteroatoms. The van der Waals surface area contributed by atoms with Gasteiger partial charge in [-0.3, -0.25) is 4.79 Å². The first-order chi connectivity index (χ1) is 6.65. The fraction of sp³-hybridized carbons (Fsp3) is 0.182. The molecule has 0 radical (unpaired) electrons. The van der Waals surface area contributed by atoms with Gasteiger partial charge in [0, 0.05) is 9.61 Å². The summed E-state index contributed by atoms with van der Waals surface area (Å²) in [6.07, 6.45) is 1.70. The van der Waals surface area contributed by atoms with Gasteiger partial charge in [0.2, 0.25) is 0 Å².